The molecule has 1 unspecified atom stereocenters. The molecule has 1 aromatic heterocycles. The minimum absolute atomic E-state index is 0.184. The van der Waals surface area contributed by atoms with E-state index in [0.29, 0.717) is 0 Å². The van der Waals surface area contributed by atoms with Crippen LogP contribution in [0.4, 0.5) is 0 Å². The molecule has 68 valence electrons. The lowest BCUT2D eigenvalue weighted by Gasteiger charge is -2.09. The number of hydrogen-bond donors (Lipinski definition) is 1. The summed E-state index contributed by atoms with van der Waals surface area (Å²) in [6.07, 6.45) is 1.99. The second-order valence-corrected chi connectivity index (χ2v) is 2.89. The third kappa shape index (κ3) is 1.84. The van der Waals surface area contributed by atoms with Crippen LogP contribution >= 0.6 is 0 Å². The molecule has 1 heterocycles. The topological polar surface area (TPSA) is 39.1 Å². The lowest BCUT2D eigenvalue weighted by Crippen LogP contribution is -2.16. The minimum atomic E-state index is 0.184. The van der Waals surface area contributed by atoms with Crippen molar-refractivity contribution in [2.24, 2.45) is 7.05 Å². The minimum Gasteiger partial charge on any atom is -0.305 e. The molecule has 0 aromatic carbocycles. The number of nitrogens with zero attached hydrogens (tertiary/aromatic N) is 2. The summed E-state index contributed by atoms with van der Waals surface area (Å²) in [4.78, 5) is 4.84. The van der Waals surface area contributed by atoms with Crippen LogP contribution in [0.2, 0.25) is 0 Å². The van der Waals surface area contributed by atoms with E-state index in [1.54, 1.807) is 11.8 Å². The summed E-state index contributed by atoms with van der Waals surface area (Å²) >= 11 is 0. The highest BCUT2D eigenvalue weighted by Crippen LogP contribution is 2.14. The van der Waals surface area contributed by atoms with Crippen LogP contribution in [0, 0.1) is 6.92 Å². The van der Waals surface area contributed by atoms with Crippen LogP contribution in [0.25, 0.3) is 0 Å². The molecule has 0 amide bonds. The summed E-state index contributed by atoms with van der Waals surface area (Å²) < 4.78 is 1.80. The maximum atomic E-state index is 4.84. The van der Waals surface area contributed by atoms with E-state index in [1.165, 1.54) is 5.56 Å². The van der Waals surface area contributed by atoms with Crippen molar-refractivity contribution in [3.63, 3.8) is 0 Å². The zero-order chi connectivity index (χ0) is 9.14. The quantitative estimate of drug-likeness (QED) is 0.684. The van der Waals surface area contributed by atoms with Crippen LogP contribution in [-0.4, -0.2) is 16.9 Å². The van der Waals surface area contributed by atoms with Crippen molar-refractivity contribution in [2.75, 3.05) is 7.11 Å². The molecule has 4 heteroatoms. The fraction of sp³-hybridized carbons (Fsp3) is 0.625. The van der Waals surface area contributed by atoms with Crippen LogP contribution in [0.15, 0.2) is 6.20 Å². The summed E-state index contributed by atoms with van der Waals surface area (Å²) in [7, 11) is 3.53. The zero-order valence-electron chi connectivity index (χ0n) is 7.96. The lowest BCUT2D eigenvalue weighted by atomic mass is 10.1. The second-order valence-electron chi connectivity index (χ2n) is 2.89. The third-order valence-corrected chi connectivity index (χ3v) is 1.81. The molecule has 1 aromatic rings. The van der Waals surface area contributed by atoms with Gasteiger partial charge in [-0.2, -0.15) is 10.6 Å². The first-order valence-electron chi connectivity index (χ1n) is 3.93. The van der Waals surface area contributed by atoms with Gasteiger partial charge in [-0.15, -0.1) is 0 Å². The molecule has 1 atom stereocenters. The van der Waals surface area contributed by atoms with Crippen molar-refractivity contribution in [3.05, 3.63) is 17.5 Å². The van der Waals surface area contributed by atoms with Gasteiger partial charge in [0.2, 0.25) is 0 Å². The molecule has 0 saturated heterocycles. The first-order valence-corrected chi connectivity index (χ1v) is 3.93. The van der Waals surface area contributed by atoms with Crippen LogP contribution in [0.5, 0.6) is 0 Å². The van der Waals surface area contributed by atoms with E-state index in [1.807, 2.05) is 27.1 Å². The highest BCUT2D eigenvalue weighted by Gasteiger charge is 2.10. The zero-order valence-corrected chi connectivity index (χ0v) is 7.96. The van der Waals surface area contributed by atoms with Crippen LogP contribution < -0.4 is 5.48 Å². The number of rotatable bonds is 3. The fourth-order valence-corrected chi connectivity index (χ4v) is 1.28. The molecular weight excluding hydrogens is 154 g/mol. The molecule has 0 aliphatic rings. The molecule has 0 aliphatic heterocycles. The molecule has 1 rings (SSSR count). The van der Waals surface area contributed by atoms with Crippen molar-refractivity contribution in [1.82, 2.24) is 15.3 Å². The van der Waals surface area contributed by atoms with Gasteiger partial charge in [0.25, 0.3) is 0 Å². The number of hydrogen-bond acceptors (Lipinski definition) is 3. The van der Waals surface area contributed by atoms with E-state index in [9.17, 15) is 0 Å². The Hall–Kier alpha value is -0.870. The Morgan fingerprint density at radius 1 is 1.67 bits per heavy atom. The van der Waals surface area contributed by atoms with Gasteiger partial charge in [-0.3, -0.25) is 4.68 Å². The van der Waals surface area contributed by atoms with E-state index in [4.69, 9.17) is 4.84 Å². The molecule has 4 nitrogen and oxygen atoms in total. The standard InChI is InChI=1S/C8H15N3O/c1-6-8(5-11(3)9-6)7(2)10-12-4/h5,7,10H,1-4H3. The third-order valence-electron chi connectivity index (χ3n) is 1.81. The molecule has 0 radical (unpaired) electrons. The molecule has 0 aliphatic carbocycles. The van der Waals surface area contributed by atoms with E-state index < -0.39 is 0 Å². The van der Waals surface area contributed by atoms with Gasteiger partial charge in [-0.25, -0.2) is 0 Å². The van der Waals surface area contributed by atoms with Crippen LogP contribution in [0.3, 0.4) is 0 Å². The summed E-state index contributed by atoms with van der Waals surface area (Å²) in [5, 5.41) is 4.24. The second kappa shape index (κ2) is 3.69. The van der Waals surface area contributed by atoms with E-state index >= 15 is 0 Å². The molecule has 12 heavy (non-hydrogen) atoms. The predicted molar refractivity (Wildman–Crippen MR) is 46.5 cm³/mol. The molecule has 0 bridgehead atoms. The van der Waals surface area contributed by atoms with Crippen molar-refractivity contribution in [2.45, 2.75) is 19.9 Å². The molecule has 1 N–H and O–H groups in total. The van der Waals surface area contributed by atoms with E-state index in [-0.39, 0.29) is 6.04 Å². The van der Waals surface area contributed by atoms with Crippen LogP contribution in [-0.2, 0) is 11.9 Å². The van der Waals surface area contributed by atoms with Crippen molar-refractivity contribution >= 4 is 0 Å². The van der Waals surface area contributed by atoms with E-state index in [2.05, 4.69) is 10.6 Å². The summed E-state index contributed by atoms with van der Waals surface area (Å²) in [5.74, 6) is 0. The maximum Gasteiger partial charge on any atom is 0.0642 e. The maximum absolute atomic E-state index is 4.84. The monoisotopic (exact) mass is 169 g/mol. The average molecular weight is 169 g/mol. The van der Waals surface area contributed by atoms with E-state index in [0.717, 1.165) is 5.69 Å². The lowest BCUT2D eigenvalue weighted by molar-refractivity contribution is 0.0657. The number of aromatic nitrogens is 2. The molecular formula is C8H15N3O. The molecule has 0 saturated carbocycles. The number of hydroxylamine groups is 1. The summed E-state index contributed by atoms with van der Waals surface area (Å²) in [5.41, 5.74) is 5.07. The Bertz CT molecular complexity index is 257. The molecule has 0 fully saturated rings. The van der Waals surface area contributed by atoms with Gasteiger partial charge in [0.05, 0.1) is 18.8 Å². The Morgan fingerprint density at radius 2 is 2.33 bits per heavy atom. The Morgan fingerprint density at radius 3 is 2.75 bits per heavy atom. The fourth-order valence-electron chi connectivity index (χ4n) is 1.28. The van der Waals surface area contributed by atoms with Gasteiger partial charge < -0.3 is 4.84 Å². The highest BCUT2D eigenvalue weighted by molar-refractivity contribution is 5.18. The summed E-state index contributed by atoms with van der Waals surface area (Å²) in [6, 6.07) is 0.184. The van der Waals surface area contributed by atoms with Gasteiger partial charge in [0.15, 0.2) is 0 Å². The SMILES string of the molecule is CONC(C)c1cn(C)nc1C. The highest BCUT2D eigenvalue weighted by atomic mass is 16.6. The van der Waals surface area contributed by atoms with Gasteiger partial charge in [0.1, 0.15) is 0 Å². The first-order chi connectivity index (χ1) is 5.65. The Balaban J connectivity index is 2.79. The van der Waals surface area contributed by atoms with Gasteiger partial charge in [0, 0.05) is 18.8 Å². The Labute approximate surface area is 72.5 Å². The largest absolute Gasteiger partial charge is 0.305 e. The normalized spacial score (nSPS) is 13.3. The number of nitrogens with one attached hydrogen (secondary N) is 1. The molecule has 0 spiro atoms. The summed E-state index contributed by atoms with van der Waals surface area (Å²) in [6.45, 7) is 4.02. The predicted octanol–water partition coefficient (Wildman–Crippen LogP) is 0.941. The number of aryl methyl sites for hydroxylation is 2. The van der Waals surface area contributed by atoms with Crippen LogP contribution in [0.1, 0.15) is 24.2 Å². The van der Waals surface area contributed by atoms with Gasteiger partial charge in [-0.1, -0.05) is 0 Å². The first kappa shape index (κ1) is 9.22. The average Bonchev–Trinajstić information content (AvgIpc) is 2.30. The van der Waals surface area contributed by atoms with Crippen molar-refractivity contribution < 1.29 is 4.84 Å². The van der Waals surface area contributed by atoms with Gasteiger partial charge >= 0.3 is 0 Å². The Kier molecular flexibility index (Phi) is 2.83. The van der Waals surface area contributed by atoms with Gasteiger partial charge in [-0.05, 0) is 13.8 Å². The van der Waals surface area contributed by atoms with Crippen molar-refractivity contribution in [1.29, 1.82) is 0 Å². The smallest absolute Gasteiger partial charge is 0.0642 e. The van der Waals surface area contributed by atoms with Crippen molar-refractivity contribution in [3.8, 4) is 0 Å².